The molecular formula is C62H77F2N9O10. The normalized spacial score (nSPS) is 15.9. The molecule has 1 saturated carbocycles. The SMILES string of the molecule is CC(C)(C)CC(=O)N1Cc2cc(OCCOCCOCCOCCOCCOCCNCc3ccc(-n4cc(NC(=O)c5coc(-c6ccnc(NCC7CC7)c6)n5)c(C(F)F)n4)cc3)ccc2C[C@H]1C(=O)N[C@@H]1CCCc2ccccc21. The van der Waals surface area contributed by atoms with Gasteiger partial charge in [-0.2, -0.15) is 5.10 Å². The summed E-state index contributed by atoms with van der Waals surface area (Å²) in [6, 6.07) is 24.3. The van der Waals surface area contributed by atoms with E-state index < -0.39 is 24.1 Å². The number of nitrogens with zero attached hydrogens (tertiary/aromatic N) is 5. The molecule has 4 heterocycles. The molecule has 2 atom stereocenters. The summed E-state index contributed by atoms with van der Waals surface area (Å²) in [5.74, 6) is 1.37. The van der Waals surface area contributed by atoms with Crippen LogP contribution in [0.2, 0.25) is 0 Å². The number of pyridine rings is 1. The number of benzene rings is 3. The first-order valence-corrected chi connectivity index (χ1v) is 28.8. The largest absolute Gasteiger partial charge is 0.491 e. The first-order valence-electron chi connectivity index (χ1n) is 28.8. The van der Waals surface area contributed by atoms with Gasteiger partial charge in [0.15, 0.2) is 11.4 Å². The van der Waals surface area contributed by atoms with Gasteiger partial charge in [0.05, 0.1) is 89.7 Å². The maximum atomic E-state index is 14.1. The maximum absolute atomic E-state index is 14.1. The fourth-order valence-corrected chi connectivity index (χ4v) is 9.92. The lowest BCUT2D eigenvalue weighted by atomic mass is 9.86. The van der Waals surface area contributed by atoms with E-state index in [4.69, 9.17) is 32.8 Å². The Balaban J connectivity index is 0.577. The van der Waals surface area contributed by atoms with E-state index in [9.17, 15) is 23.2 Å². The van der Waals surface area contributed by atoms with Gasteiger partial charge in [-0.15, -0.1) is 0 Å². The highest BCUT2D eigenvalue weighted by molar-refractivity contribution is 6.03. The van der Waals surface area contributed by atoms with Gasteiger partial charge in [0.2, 0.25) is 17.7 Å². The summed E-state index contributed by atoms with van der Waals surface area (Å²) < 4.78 is 69.3. The minimum atomic E-state index is -2.94. The van der Waals surface area contributed by atoms with E-state index in [2.05, 4.69) is 48.5 Å². The molecule has 1 fully saturated rings. The highest BCUT2D eigenvalue weighted by atomic mass is 19.3. The molecule has 2 aliphatic carbocycles. The fraction of sp³-hybridized carbons (Fsp3) is 0.484. The zero-order valence-corrected chi connectivity index (χ0v) is 47.7. The number of hydrogen-bond donors (Lipinski definition) is 4. The van der Waals surface area contributed by atoms with Crippen LogP contribution in [-0.4, -0.2) is 134 Å². The number of fused-ring (bicyclic) bond motifs is 2. The lowest BCUT2D eigenvalue weighted by Crippen LogP contribution is -2.53. The van der Waals surface area contributed by atoms with E-state index in [0.717, 1.165) is 42.5 Å². The molecule has 0 spiro atoms. The molecular weight excluding hydrogens is 1070 g/mol. The van der Waals surface area contributed by atoms with Crippen molar-refractivity contribution in [2.45, 2.75) is 97.3 Å². The molecule has 9 rings (SSSR count). The van der Waals surface area contributed by atoms with Crippen LogP contribution in [0.1, 0.15) is 109 Å². The van der Waals surface area contributed by atoms with Crippen LogP contribution in [0.15, 0.2) is 102 Å². The third kappa shape index (κ3) is 18.2. The van der Waals surface area contributed by atoms with Crippen molar-refractivity contribution in [2.75, 3.05) is 96.4 Å². The number of anilines is 2. The molecule has 83 heavy (non-hydrogen) atoms. The average Bonchev–Trinajstić information content (AvgIpc) is 4.12. The first kappa shape index (κ1) is 60.5. The number of rotatable bonds is 32. The van der Waals surface area contributed by atoms with Gasteiger partial charge in [-0.1, -0.05) is 63.2 Å². The minimum Gasteiger partial charge on any atom is -0.491 e. The Morgan fingerprint density at radius 1 is 0.795 bits per heavy atom. The van der Waals surface area contributed by atoms with Crippen LogP contribution in [0.4, 0.5) is 20.3 Å². The quantitative estimate of drug-likeness (QED) is 0.0290. The molecule has 3 amide bonds. The number of amides is 3. The minimum absolute atomic E-state index is 0.0289. The Morgan fingerprint density at radius 3 is 2.22 bits per heavy atom. The van der Waals surface area contributed by atoms with Gasteiger partial charge >= 0.3 is 0 Å². The summed E-state index contributed by atoms with van der Waals surface area (Å²) in [4.78, 5) is 51.2. The molecule has 3 aromatic heterocycles. The second kappa shape index (κ2) is 29.9. The van der Waals surface area contributed by atoms with Crippen LogP contribution >= 0.6 is 0 Å². The van der Waals surface area contributed by atoms with E-state index in [0.29, 0.717) is 134 Å². The molecule has 444 valence electrons. The number of nitrogens with one attached hydrogen (secondary N) is 4. The maximum Gasteiger partial charge on any atom is 0.284 e. The summed E-state index contributed by atoms with van der Waals surface area (Å²) in [6.45, 7) is 13.1. The number of oxazole rings is 1. The van der Waals surface area contributed by atoms with Crippen LogP contribution < -0.4 is 26.0 Å². The zero-order valence-electron chi connectivity index (χ0n) is 47.7. The van der Waals surface area contributed by atoms with Crippen LogP contribution in [0, 0.1) is 11.3 Å². The number of ether oxygens (including phenoxy) is 6. The van der Waals surface area contributed by atoms with E-state index in [1.165, 1.54) is 41.1 Å². The summed E-state index contributed by atoms with van der Waals surface area (Å²) >= 11 is 0. The molecule has 3 aliphatic rings. The van der Waals surface area contributed by atoms with Gasteiger partial charge in [0, 0.05) is 50.8 Å². The van der Waals surface area contributed by atoms with Crippen molar-refractivity contribution in [3.05, 3.63) is 137 Å². The Kier molecular flexibility index (Phi) is 21.8. The van der Waals surface area contributed by atoms with Crippen molar-refractivity contribution in [2.24, 2.45) is 11.3 Å². The Hall–Kier alpha value is -7.14. The monoisotopic (exact) mass is 1150 g/mol. The Morgan fingerprint density at radius 2 is 1.51 bits per heavy atom. The van der Waals surface area contributed by atoms with Gasteiger partial charge in [0.25, 0.3) is 12.3 Å². The van der Waals surface area contributed by atoms with Gasteiger partial charge in [-0.05, 0) is 108 Å². The Labute approximate surface area is 483 Å². The Bertz CT molecular complexity index is 3050. The standard InChI is InChI=1S/C62H77F2N9O10/c1-62(2,3)36-56(74)72-39-47-33-49(18-15-45(47)34-54(72)60(76)68-51-10-6-8-44-7-4-5-9-50(44)51)82-32-31-81-30-29-80-28-27-79-26-25-78-24-23-77-22-21-65-37-42-13-16-48(17-14-42)73-40-52(57(71-73)58(63)64)69-59(75)53-41-83-61(70-53)46-19-20-66-55(35-46)67-38-43-11-12-43/h4-5,7,9,13-20,33,35,40-41,43,51,54,58,65H,6,8,10-12,21-32,34,36-39H2,1-3H3,(H,66,67)(H,68,76)(H,69,75)/t51-,54+/m1/s1. The molecule has 4 N–H and O–H groups in total. The summed E-state index contributed by atoms with van der Waals surface area (Å²) in [5.41, 5.74) is 5.60. The molecule has 3 aromatic carbocycles. The molecule has 0 unspecified atom stereocenters. The molecule has 0 bridgehead atoms. The third-order valence-electron chi connectivity index (χ3n) is 14.4. The van der Waals surface area contributed by atoms with Crippen LogP contribution in [-0.2, 0) is 59.2 Å². The van der Waals surface area contributed by atoms with Crippen LogP contribution in [0.5, 0.6) is 5.75 Å². The van der Waals surface area contributed by atoms with Gasteiger partial charge in [-0.3, -0.25) is 14.4 Å². The topological polar surface area (TPSA) is 215 Å². The first-order chi connectivity index (χ1) is 40.3. The highest BCUT2D eigenvalue weighted by Gasteiger charge is 2.37. The number of aromatic nitrogens is 4. The fourth-order valence-electron chi connectivity index (χ4n) is 9.92. The number of carbonyl (C=O) groups excluding carboxylic acids is 3. The molecule has 1 aliphatic heterocycles. The molecule has 0 radical (unpaired) electrons. The van der Waals surface area contributed by atoms with Crippen molar-refractivity contribution in [1.29, 1.82) is 0 Å². The lowest BCUT2D eigenvalue weighted by molar-refractivity contribution is -0.143. The van der Waals surface area contributed by atoms with Crippen LogP contribution in [0.25, 0.3) is 17.1 Å². The number of aryl methyl sites for hydroxylation is 1. The smallest absolute Gasteiger partial charge is 0.284 e. The van der Waals surface area contributed by atoms with Crippen molar-refractivity contribution in [3.8, 4) is 22.9 Å². The zero-order chi connectivity index (χ0) is 58.0. The second-order valence-electron chi connectivity index (χ2n) is 22.2. The molecule has 21 heteroatoms. The number of hydrogen-bond acceptors (Lipinski definition) is 15. The van der Waals surface area contributed by atoms with Crippen molar-refractivity contribution in [3.63, 3.8) is 0 Å². The van der Waals surface area contributed by atoms with E-state index in [-0.39, 0.29) is 40.5 Å². The predicted octanol–water partition coefficient (Wildman–Crippen LogP) is 9.07. The summed E-state index contributed by atoms with van der Waals surface area (Å²) in [5, 5.41) is 16.5. The predicted molar refractivity (Wildman–Crippen MR) is 308 cm³/mol. The molecule has 0 saturated heterocycles. The van der Waals surface area contributed by atoms with Crippen LogP contribution in [0.3, 0.4) is 0 Å². The lowest BCUT2D eigenvalue weighted by Gasteiger charge is -2.38. The van der Waals surface area contributed by atoms with E-state index in [1.54, 1.807) is 35.4 Å². The van der Waals surface area contributed by atoms with Gasteiger partial charge < -0.3 is 59.0 Å². The summed E-state index contributed by atoms with van der Waals surface area (Å²) in [6.07, 6.45) is 7.31. The molecule has 6 aromatic rings. The second-order valence-corrected chi connectivity index (χ2v) is 22.2. The van der Waals surface area contributed by atoms with Crippen molar-refractivity contribution >= 4 is 29.2 Å². The molecule has 19 nitrogen and oxygen atoms in total. The highest BCUT2D eigenvalue weighted by Crippen LogP contribution is 2.34. The summed E-state index contributed by atoms with van der Waals surface area (Å²) in [7, 11) is 0. The third-order valence-corrected chi connectivity index (χ3v) is 14.4. The van der Waals surface area contributed by atoms with Gasteiger partial charge in [-0.25, -0.2) is 23.4 Å². The van der Waals surface area contributed by atoms with Gasteiger partial charge in [0.1, 0.15) is 30.5 Å². The number of carbonyl (C=O) groups is 3. The van der Waals surface area contributed by atoms with E-state index >= 15 is 0 Å². The van der Waals surface area contributed by atoms with Crippen molar-refractivity contribution < 1.29 is 56.0 Å². The average molecular weight is 1150 g/mol. The van der Waals surface area contributed by atoms with Crippen molar-refractivity contribution in [1.82, 2.24) is 35.3 Å². The number of halogens is 2. The van der Waals surface area contributed by atoms with E-state index in [1.807, 2.05) is 63.2 Å². The number of alkyl halides is 2.